The fraction of sp³-hybridized carbons (Fsp3) is 0.0625. The Balaban J connectivity index is 1.82. The molecule has 3 aromatic rings. The highest BCUT2D eigenvalue weighted by Gasteiger charge is 2.14. The van der Waals surface area contributed by atoms with Gasteiger partial charge < -0.3 is 9.72 Å². The first kappa shape index (κ1) is 15.4. The number of H-pyrrole nitrogens is 1. The molecule has 7 heteroatoms. The molecular formula is C16H10BrFN2O3. The number of hydrogen-bond donors (Lipinski definition) is 1. The molecule has 0 unspecified atom stereocenters. The van der Waals surface area contributed by atoms with Crippen LogP contribution in [0.15, 0.2) is 51.7 Å². The van der Waals surface area contributed by atoms with E-state index in [1.165, 1.54) is 12.1 Å². The van der Waals surface area contributed by atoms with Gasteiger partial charge in [-0.1, -0.05) is 12.1 Å². The standard InChI is InChI=1S/C16H10BrFN2O3/c17-12-6-5-9(18)7-11(12)16(22)23-8-14-19-13-4-2-1-3-10(13)15(21)20-14/h1-7H,8H2,(H,19,20,21). The maximum atomic E-state index is 13.2. The number of carbonyl (C=O) groups excluding carboxylic acids is 1. The van der Waals surface area contributed by atoms with E-state index in [1.54, 1.807) is 24.3 Å². The van der Waals surface area contributed by atoms with E-state index in [0.29, 0.717) is 15.4 Å². The summed E-state index contributed by atoms with van der Waals surface area (Å²) in [6.07, 6.45) is 0. The molecule has 0 atom stereocenters. The fourth-order valence-corrected chi connectivity index (χ4v) is 2.48. The van der Waals surface area contributed by atoms with Crippen LogP contribution >= 0.6 is 15.9 Å². The molecule has 3 rings (SSSR count). The van der Waals surface area contributed by atoms with Crippen LogP contribution in [0.3, 0.4) is 0 Å². The molecule has 23 heavy (non-hydrogen) atoms. The first-order chi connectivity index (χ1) is 11.0. The molecule has 0 spiro atoms. The first-order valence-corrected chi connectivity index (χ1v) is 7.44. The Hall–Kier alpha value is -2.54. The van der Waals surface area contributed by atoms with Gasteiger partial charge in [0.1, 0.15) is 18.2 Å². The molecule has 1 aromatic heterocycles. The number of para-hydroxylation sites is 1. The highest BCUT2D eigenvalue weighted by atomic mass is 79.9. The van der Waals surface area contributed by atoms with Gasteiger partial charge in [0.05, 0.1) is 16.5 Å². The zero-order valence-corrected chi connectivity index (χ0v) is 13.3. The van der Waals surface area contributed by atoms with Crippen molar-refractivity contribution in [1.82, 2.24) is 9.97 Å². The van der Waals surface area contributed by atoms with Gasteiger partial charge in [-0.2, -0.15) is 0 Å². The number of carbonyl (C=O) groups is 1. The van der Waals surface area contributed by atoms with Crippen LogP contribution in [0, 0.1) is 5.82 Å². The summed E-state index contributed by atoms with van der Waals surface area (Å²) in [6, 6.07) is 10.6. The monoisotopic (exact) mass is 376 g/mol. The minimum absolute atomic E-state index is 0.0631. The zero-order chi connectivity index (χ0) is 16.4. The second-order valence-electron chi connectivity index (χ2n) is 4.73. The molecule has 0 fully saturated rings. The van der Waals surface area contributed by atoms with Crippen LogP contribution in [0.4, 0.5) is 4.39 Å². The van der Waals surface area contributed by atoms with Crippen LogP contribution in [0.25, 0.3) is 10.9 Å². The predicted octanol–water partition coefficient (Wildman–Crippen LogP) is 3.18. The van der Waals surface area contributed by atoms with E-state index in [9.17, 15) is 14.0 Å². The number of aromatic amines is 1. The van der Waals surface area contributed by atoms with Crippen LogP contribution in [-0.4, -0.2) is 15.9 Å². The molecule has 0 amide bonds. The van der Waals surface area contributed by atoms with E-state index in [-0.39, 0.29) is 23.6 Å². The number of hydrogen-bond acceptors (Lipinski definition) is 4. The number of ether oxygens (including phenoxy) is 1. The number of nitrogens with zero attached hydrogens (tertiary/aromatic N) is 1. The highest BCUT2D eigenvalue weighted by molar-refractivity contribution is 9.10. The smallest absolute Gasteiger partial charge is 0.339 e. The molecule has 0 aliphatic carbocycles. The Morgan fingerprint density at radius 3 is 2.87 bits per heavy atom. The van der Waals surface area contributed by atoms with Crippen LogP contribution in [0.5, 0.6) is 0 Å². The normalized spacial score (nSPS) is 10.7. The van der Waals surface area contributed by atoms with Crippen molar-refractivity contribution in [1.29, 1.82) is 0 Å². The van der Waals surface area contributed by atoms with Gasteiger partial charge in [0.15, 0.2) is 0 Å². The Kier molecular flexibility index (Phi) is 4.20. The topological polar surface area (TPSA) is 72.0 Å². The number of fused-ring (bicyclic) bond motifs is 1. The summed E-state index contributed by atoms with van der Waals surface area (Å²) in [5, 5.41) is 0.454. The van der Waals surface area contributed by atoms with E-state index >= 15 is 0 Å². The molecule has 0 aliphatic heterocycles. The molecule has 1 N–H and O–H groups in total. The Morgan fingerprint density at radius 2 is 2.04 bits per heavy atom. The summed E-state index contributed by atoms with van der Waals surface area (Å²) in [6.45, 7) is -0.220. The van der Waals surface area contributed by atoms with Gasteiger partial charge in [-0.05, 0) is 46.3 Å². The number of aromatic nitrogens is 2. The third-order valence-electron chi connectivity index (χ3n) is 3.15. The van der Waals surface area contributed by atoms with Gasteiger partial charge in [0.2, 0.25) is 0 Å². The SMILES string of the molecule is O=C(OCc1nc2ccccc2c(=O)[nH]1)c1cc(F)ccc1Br. The number of rotatable bonds is 3. The Labute approximate surface area is 138 Å². The molecule has 0 aliphatic rings. The summed E-state index contributed by atoms with van der Waals surface area (Å²) in [5.74, 6) is -1.04. The summed E-state index contributed by atoms with van der Waals surface area (Å²) in [5.41, 5.74) is 0.260. The second-order valence-corrected chi connectivity index (χ2v) is 5.58. The number of esters is 1. The van der Waals surface area contributed by atoms with Crippen LogP contribution < -0.4 is 5.56 Å². The maximum Gasteiger partial charge on any atom is 0.339 e. The summed E-state index contributed by atoms with van der Waals surface area (Å²) in [4.78, 5) is 30.7. The minimum Gasteiger partial charge on any atom is -0.454 e. The summed E-state index contributed by atoms with van der Waals surface area (Å²) >= 11 is 3.16. The van der Waals surface area contributed by atoms with Crippen molar-refractivity contribution in [2.75, 3.05) is 0 Å². The summed E-state index contributed by atoms with van der Waals surface area (Å²) < 4.78 is 18.7. The van der Waals surface area contributed by atoms with Crippen molar-refractivity contribution in [2.45, 2.75) is 6.61 Å². The summed E-state index contributed by atoms with van der Waals surface area (Å²) in [7, 11) is 0. The molecule has 2 aromatic carbocycles. The lowest BCUT2D eigenvalue weighted by Gasteiger charge is -2.07. The number of benzene rings is 2. The van der Waals surface area contributed by atoms with Gasteiger partial charge in [-0.25, -0.2) is 14.2 Å². The fourth-order valence-electron chi connectivity index (χ4n) is 2.07. The van der Waals surface area contributed by atoms with Crippen molar-refractivity contribution in [3.8, 4) is 0 Å². The van der Waals surface area contributed by atoms with Crippen LogP contribution in [-0.2, 0) is 11.3 Å². The van der Waals surface area contributed by atoms with Gasteiger partial charge in [0, 0.05) is 4.47 Å². The quantitative estimate of drug-likeness (QED) is 0.712. The maximum absolute atomic E-state index is 13.2. The van der Waals surface area contributed by atoms with Crippen LogP contribution in [0.2, 0.25) is 0 Å². The Bertz CT molecular complexity index is 955. The van der Waals surface area contributed by atoms with Gasteiger partial charge in [0.25, 0.3) is 5.56 Å². The lowest BCUT2D eigenvalue weighted by molar-refractivity contribution is 0.0460. The number of halogens is 2. The largest absolute Gasteiger partial charge is 0.454 e. The van der Waals surface area contributed by atoms with E-state index in [2.05, 4.69) is 25.9 Å². The molecule has 5 nitrogen and oxygen atoms in total. The van der Waals surface area contributed by atoms with Crippen molar-refractivity contribution in [2.24, 2.45) is 0 Å². The zero-order valence-electron chi connectivity index (χ0n) is 11.7. The Morgan fingerprint density at radius 1 is 1.26 bits per heavy atom. The highest BCUT2D eigenvalue weighted by Crippen LogP contribution is 2.19. The third kappa shape index (κ3) is 3.29. The molecule has 0 bridgehead atoms. The van der Waals surface area contributed by atoms with Gasteiger partial charge in [-0.15, -0.1) is 0 Å². The molecule has 116 valence electrons. The van der Waals surface area contributed by atoms with Crippen LogP contribution in [0.1, 0.15) is 16.2 Å². The third-order valence-corrected chi connectivity index (χ3v) is 3.84. The number of nitrogens with one attached hydrogen (secondary N) is 1. The average Bonchev–Trinajstić information content (AvgIpc) is 2.55. The molecule has 0 radical (unpaired) electrons. The lowest BCUT2D eigenvalue weighted by Crippen LogP contribution is -2.14. The molecular weight excluding hydrogens is 367 g/mol. The average molecular weight is 377 g/mol. The molecule has 0 saturated heterocycles. The predicted molar refractivity (Wildman–Crippen MR) is 85.6 cm³/mol. The molecule has 0 saturated carbocycles. The lowest BCUT2D eigenvalue weighted by atomic mass is 10.2. The van der Waals surface area contributed by atoms with Crippen molar-refractivity contribution in [3.05, 3.63) is 74.5 Å². The molecule has 1 heterocycles. The first-order valence-electron chi connectivity index (χ1n) is 6.65. The van der Waals surface area contributed by atoms with Crippen molar-refractivity contribution < 1.29 is 13.9 Å². The van der Waals surface area contributed by atoms with Gasteiger partial charge >= 0.3 is 5.97 Å². The van der Waals surface area contributed by atoms with E-state index in [4.69, 9.17) is 4.74 Å². The van der Waals surface area contributed by atoms with Gasteiger partial charge in [-0.3, -0.25) is 4.79 Å². The minimum atomic E-state index is -0.716. The van der Waals surface area contributed by atoms with E-state index in [1.807, 2.05) is 0 Å². The van der Waals surface area contributed by atoms with Crippen molar-refractivity contribution >= 4 is 32.8 Å². The second kappa shape index (κ2) is 6.29. The van der Waals surface area contributed by atoms with E-state index in [0.717, 1.165) is 6.07 Å². The van der Waals surface area contributed by atoms with Crippen molar-refractivity contribution in [3.63, 3.8) is 0 Å². The van der Waals surface area contributed by atoms with E-state index < -0.39 is 11.8 Å².